The van der Waals surface area contributed by atoms with Gasteiger partial charge in [-0.25, -0.2) is 9.37 Å². The first-order chi connectivity index (χ1) is 15.5. The van der Waals surface area contributed by atoms with Crippen molar-refractivity contribution >= 4 is 45.8 Å². The Kier molecular flexibility index (Phi) is 5.97. The number of carbonyl (C=O) groups is 1. The SMILES string of the molecule is O=C(NC1CCOC1)C1CC(c2nc3ccccc3[nH]2)N(c2ccc(F)cc2)C(Cl)C1Cl. The fraction of sp³-hybridized carbons (Fsp3) is 0.391. The molecule has 5 atom stereocenters. The van der Waals surface area contributed by atoms with Crippen LogP contribution in [0.15, 0.2) is 48.5 Å². The van der Waals surface area contributed by atoms with Crippen LogP contribution < -0.4 is 10.2 Å². The van der Waals surface area contributed by atoms with Gasteiger partial charge in [-0.3, -0.25) is 4.79 Å². The highest BCUT2D eigenvalue weighted by Gasteiger charge is 2.46. The number of hydrogen-bond acceptors (Lipinski definition) is 4. The summed E-state index contributed by atoms with van der Waals surface area (Å²) in [6, 6.07) is 13.5. The number of carbonyl (C=O) groups excluding carboxylic acids is 1. The largest absolute Gasteiger partial charge is 0.379 e. The van der Waals surface area contributed by atoms with Crippen LogP contribution in [0.25, 0.3) is 11.0 Å². The Morgan fingerprint density at radius 2 is 1.97 bits per heavy atom. The third-order valence-electron chi connectivity index (χ3n) is 6.19. The molecule has 32 heavy (non-hydrogen) atoms. The van der Waals surface area contributed by atoms with Gasteiger partial charge in [-0.05, 0) is 49.2 Å². The number of para-hydroxylation sites is 2. The predicted octanol–water partition coefficient (Wildman–Crippen LogP) is 4.35. The van der Waals surface area contributed by atoms with Gasteiger partial charge in [0.05, 0.1) is 41.0 Å². The van der Waals surface area contributed by atoms with Crippen LogP contribution in [0.1, 0.15) is 24.7 Å². The Labute approximate surface area is 195 Å². The molecule has 2 aliphatic heterocycles. The van der Waals surface area contributed by atoms with E-state index in [0.29, 0.717) is 31.1 Å². The van der Waals surface area contributed by atoms with Crippen LogP contribution in [-0.4, -0.2) is 46.0 Å². The van der Waals surface area contributed by atoms with Gasteiger partial charge in [0.25, 0.3) is 0 Å². The lowest BCUT2D eigenvalue weighted by atomic mass is 9.88. The van der Waals surface area contributed by atoms with E-state index in [9.17, 15) is 9.18 Å². The Morgan fingerprint density at radius 1 is 1.19 bits per heavy atom. The average Bonchev–Trinajstić information content (AvgIpc) is 3.45. The highest BCUT2D eigenvalue weighted by atomic mass is 35.5. The van der Waals surface area contributed by atoms with Crippen molar-refractivity contribution in [2.45, 2.75) is 35.8 Å². The second-order valence-electron chi connectivity index (χ2n) is 8.27. The molecular weight excluding hydrogens is 454 g/mol. The molecule has 2 N–H and O–H groups in total. The molecule has 0 bridgehead atoms. The number of anilines is 1. The number of nitrogens with one attached hydrogen (secondary N) is 2. The van der Waals surface area contributed by atoms with E-state index < -0.39 is 16.8 Å². The molecule has 1 aromatic heterocycles. The lowest BCUT2D eigenvalue weighted by Gasteiger charge is -2.45. The lowest BCUT2D eigenvalue weighted by molar-refractivity contribution is -0.126. The number of aromatic nitrogens is 2. The van der Waals surface area contributed by atoms with Crippen LogP contribution in [0.3, 0.4) is 0 Å². The molecule has 2 aromatic carbocycles. The number of imidazole rings is 1. The van der Waals surface area contributed by atoms with Crippen molar-refractivity contribution in [1.82, 2.24) is 15.3 Å². The molecular formula is C23H23Cl2FN4O2. The summed E-state index contributed by atoms with van der Waals surface area (Å²) in [5.74, 6) is -0.303. The van der Waals surface area contributed by atoms with E-state index >= 15 is 0 Å². The molecule has 5 unspecified atom stereocenters. The van der Waals surface area contributed by atoms with Crippen LogP contribution in [0.4, 0.5) is 10.1 Å². The van der Waals surface area contributed by atoms with Crippen LogP contribution in [0.5, 0.6) is 0 Å². The van der Waals surface area contributed by atoms with Crippen molar-refractivity contribution in [2.75, 3.05) is 18.1 Å². The number of H-pyrrole nitrogens is 1. The highest BCUT2D eigenvalue weighted by molar-refractivity contribution is 6.32. The van der Waals surface area contributed by atoms with Gasteiger partial charge in [-0.1, -0.05) is 23.7 Å². The van der Waals surface area contributed by atoms with Crippen molar-refractivity contribution in [3.8, 4) is 0 Å². The summed E-state index contributed by atoms with van der Waals surface area (Å²) in [4.78, 5) is 23.2. The third-order valence-corrected chi connectivity index (χ3v) is 7.34. The molecule has 168 valence electrons. The standard InChI is InChI=1S/C23H23Cl2FN4O2/c24-20-16(23(31)27-14-9-10-32-12-14)11-19(22-28-17-3-1-2-4-18(17)29-22)30(21(20)25)15-7-5-13(26)6-8-15/h1-8,14,16,19-21H,9-12H2,(H,27,31)(H,28,29). The second kappa shape index (κ2) is 8.89. The number of piperidine rings is 1. The van der Waals surface area contributed by atoms with E-state index in [1.165, 1.54) is 12.1 Å². The molecule has 6 nitrogen and oxygen atoms in total. The number of ether oxygens (including phenoxy) is 1. The zero-order valence-electron chi connectivity index (χ0n) is 17.2. The Hall–Kier alpha value is -2.35. The van der Waals surface area contributed by atoms with Gasteiger partial charge in [-0.15, -0.1) is 11.6 Å². The van der Waals surface area contributed by atoms with Gasteiger partial charge in [0, 0.05) is 12.3 Å². The molecule has 2 saturated heterocycles. The molecule has 0 spiro atoms. The maximum Gasteiger partial charge on any atom is 0.225 e. The quantitative estimate of drug-likeness (QED) is 0.433. The van der Waals surface area contributed by atoms with Crippen molar-refractivity contribution in [3.63, 3.8) is 0 Å². The minimum Gasteiger partial charge on any atom is -0.379 e. The number of nitrogens with zero attached hydrogens (tertiary/aromatic N) is 2. The van der Waals surface area contributed by atoms with Crippen LogP contribution >= 0.6 is 23.2 Å². The number of alkyl halides is 2. The Bertz CT molecular complexity index is 1070. The zero-order valence-corrected chi connectivity index (χ0v) is 18.7. The monoisotopic (exact) mass is 476 g/mol. The van der Waals surface area contributed by atoms with Crippen LogP contribution in [-0.2, 0) is 9.53 Å². The normalized spacial score (nSPS) is 28.2. The van der Waals surface area contributed by atoms with E-state index in [2.05, 4.69) is 10.3 Å². The van der Waals surface area contributed by atoms with Gasteiger partial charge < -0.3 is 19.9 Å². The molecule has 1 amide bonds. The average molecular weight is 477 g/mol. The first kappa shape index (κ1) is 21.5. The van der Waals surface area contributed by atoms with Crippen LogP contribution in [0.2, 0.25) is 0 Å². The summed E-state index contributed by atoms with van der Waals surface area (Å²) < 4.78 is 19.0. The maximum absolute atomic E-state index is 13.6. The molecule has 0 saturated carbocycles. The van der Waals surface area contributed by atoms with Gasteiger partial charge in [0.1, 0.15) is 17.1 Å². The fourth-order valence-corrected chi connectivity index (χ4v) is 5.28. The number of benzene rings is 2. The predicted molar refractivity (Wildman–Crippen MR) is 122 cm³/mol. The van der Waals surface area contributed by atoms with E-state index in [4.69, 9.17) is 32.9 Å². The molecule has 3 heterocycles. The number of aromatic amines is 1. The van der Waals surface area contributed by atoms with E-state index in [1.807, 2.05) is 29.2 Å². The Morgan fingerprint density at radius 3 is 2.69 bits per heavy atom. The summed E-state index contributed by atoms with van der Waals surface area (Å²) >= 11 is 13.6. The Balaban J connectivity index is 1.51. The van der Waals surface area contributed by atoms with E-state index in [-0.39, 0.29) is 23.8 Å². The number of halogens is 3. The minimum absolute atomic E-state index is 0.0140. The van der Waals surface area contributed by atoms with Gasteiger partial charge in [0.2, 0.25) is 5.91 Å². The van der Waals surface area contributed by atoms with Crippen molar-refractivity contribution in [1.29, 1.82) is 0 Å². The molecule has 2 fully saturated rings. The van der Waals surface area contributed by atoms with Gasteiger partial charge >= 0.3 is 0 Å². The van der Waals surface area contributed by atoms with E-state index in [1.54, 1.807) is 12.1 Å². The van der Waals surface area contributed by atoms with Crippen molar-refractivity contribution < 1.29 is 13.9 Å². The van der Waals surface area contributed by atoms with E-state index in [0.717, 1.165) is 17.5 Å². The summed E-state index contributed by atoms with van der Waals surface area (Å²) in [5, 5.41) is 2.41. The first-order valence-electron chi connectivity index (χ1n) is 10.7. The maximum atomic E-state index is 13.6. The number of hydrogen-bond donors (Lipinski definition) is 2. The van der Waals surface area contributed by atoms with Crippen molar-refractivity contribution in [3.05, 3.63) is 60.2 Å². The van der Waals surface area contributed by atoms with Gasteiger partial charge in [-0.2, -0.15) is 0 Å². The molecule has 0 aliphatic carbocycles. The highest BCUT2D eigenvalue weighted by Crippen LogP contribution is 2.44. The second-order valence-corrected chi connectivity index (χ2v) is 9.22. The summed E-state index contributed by atoms with van der Waals surface area (Å²) in [6.07, 6.45) is 1.19. The smallest absolute Gasteiger partial charge is 0.225 e. The molecule has 0 radical (unpaired) electrons. The first-order valence-corrected chi connectivity index (χ1v) is 11.5. The number of rotatable bonds is 4. The zero-order chi connectivity index (χ0) is 22.2. The number of fused-ring (bicyclic) bond motifs is 1. The molecule has 5 rings (SSSR count). The fourth-order valence-electron chi connectivity index (χ4n) is 4.52. The third kappa shape index (κ3) is 4.05. The minimum atomic E-state index is -0.704. The summed E-state index contributed by atoms with van der Waals surface area (Å²) in [6.45, 7) is 1.14. The lowest BCUT2D eigenvalue weighted by Crippen LogP contribution is -2.54. The topological polar surface area (TPSA) is 70.2 Å². The number of amides is 1. The summed E-state index contributed by atoms with van der Waals surface area (Å²) in [5.41, 5.74) is 1.73. The van der Waals surface area contributed by atoms with Crippen molar-refractivity contribution in [2.24, 2.45) is 5.92 Å². The molecule has 2 aliphatic rings. The molecule has 9 heteroatoms. The molecule has 3 aromatic rings. The summed E-state index contributed by atoms with van der Waals surface area (Å²) in [7, 11) is 0. The van der Waals surface area contributed by atoms with Crippen LogP contribution in [0, 0.1) is 11.7 Å². The van der Waals surface area contributed by atoms with Gasteiger partial charge in [0.15, 0.2) is 0 Å².